The molecule has 0 atom stereocenters. The number of nitrogens with zero attached hydrogens (tertiary/aromatic N) is 4. The van der Waals surface area contributed by atoms with Crippen molar-refractivity contribution in [3.8, 4) is 6.07 Å². The largest absolute Gasteiger partial charge is 0.356 e. The Labute approximate surface area is 211 Å². The van der Waals surface area contributed by atoms with Crippen molar-refractivity contribution in [2.75, 3.05) is 41.3 Å². The van der Waals surface area contributed by atoms with Crippen LogP contribution in [0.4, 0.5) is 17.2 Å². The first-order chi connectivity index (χ1) is 17.4. The summed E-state index contributed by atoms with van der Waals surface area (Å²) in [6, 6.07) is 11.2. The number of amides is 3. The minimum atomic E-state index is -0.725. The highest BCUT2D eigenvalue weighted by Gasteiger charge is 2.26. The fraction of sp³-hybridized carbons (Fsp3) is 0.444. The lowest BCUT2D eigenvalue weighted by Gasteiger charge is -2.33. The van der Waals surface area contributed by atoms with Crippen LogP contribution in [0.2, 0.25) is 0 Å². The van der Waals surface area contributed by atoms with Crippen molar-refractivity contribution in [3.05, 3.63) is 47.7 Å². The van der Waals surface area contributed by atoms with E-state index >= 15 is 0 Å². The lowest BCUT2D eigenvalue weighted by atomic mass is 9.96. The SMILES string of the molecule is CC(C)C(=O)N1CCCc2ccc(NC(=O)C(=O)NCC3CCN(c4ncccc4C#N)CC3)cc21. The average molecular weight is 489 g/mol. The van der Waals surface area contributed by atoms with Crippen LogP contribution in [-0.4, -0.2) is 48.9 Å². The standard InChI is InChI=1S/C27H32N6O3/c1-18(2)27(36)33-12-4-6-20-7-8-22(15-23(20)33)31-26(35)25(34)30-17-19-9-13-32(14-10-19)24-21(16-28)5-3-11-29-24/h3,5,7-8,11,15,18-19H,4,6,9-10,12-14,17H2,1-2H3,(H,30,34)(H,31,35). The van der Waals surface area contributed by atoms with Crippen molar-refractivity contribution in [2.24, 2.45) is 11.8 Å². The van der Waals surface area contributed by atoms with Gasteiger partial charge in [-0.25, -0.2) is 4.98 Å². The number of aryl methyl sites for hydroxylation is 1. The second-order valence-corrected chi connectivity index (χ2v) is 9.67. The summed E-state index contributed by atoms with van der Waals surface area (Å²) < 4.78 is 0. The Balaban J connectivity index is 1.29. The number of anilines is 3. The zero-order chi connectivity index (χ0) is 25.7. The summed E-state index contributed by atoms with van der Waals surface area (Å²) in [5.41, 5.74) is 2.92. The molecule has 3 heterocycles. The molecule has 36 heavy (non-hydrogen) atoms. The molecule has 1 aromatic heterocycles. The van der Waals surface area contributed by atoms with Crippen molar-refractivity contribution < 1.29 is 14.4 Å². The Bertz CT molecular complexity index is 1180. The first kappa shape index (κ1) is 25.2. The number of fused-ring (bicyclic) bond motifs is 1. The molecule has 9 nitrogen and oxygen atoms in total. The van der Waals surface area contributed by atoms with Gasteiger partial charge in [-0.1, -0.05) is 19.9 Å². The number of piperidine rings is 1. The van der Waals surface area contributed by atoms with Crippen LogP contribution in [0.5, 0.6) is 0 Å². The Morgan fingerprint density at radius 1 is 1.14 bits per heavy atom. The van der Waals surface area contributed by atoms with Crippen LogP contribution in [0.3, 0.4) is 0 Å². The van der Waals surface area contributed by atoms with E-state index < -0.39 is 11.8 Å². The summed E-state index contributed by atoms with van der Waals surface area (Å²) in [6.07, 6.45) is 5.12. The van der Waals surface area contributed by atoms with Gasteiger partial charge < -0.3 is 20.4 Å². The third-order valence-electron chi connectivity index (χ3n) is 6.80. The molecule has 188 valence electrons. The summed E-state index contributed by atoms with van der Waals surface area (Å²) in [4.78, 5) is 45.8. The maximum absolute atomic E-state index is 12.6. The fourth-order valence-corrected chi connectivity index (χ4v) is 4.78. The number of pyridine rings is 1. The minimum Gasteiger partial charge on any atom is -0.356 e. The van der Waals surface area contributed by atoms with E-state index in [0.717, 1.165) is 50.0 Å². The third kappa shape index (κ3) is 5.65. The molecule has 2 aliphatic rings. The lowest BCUT2D eigenvalue weighted by Crippen LogP contribution is -2.42. The number of hydrogen-bond acceptors (Lipinski definition) is 6. The molecule has 1 fully saturated rings. The monoisotopic (exact) mass is 488 g/mol. The molecule has 9 heteroatoms. The van der Waals surface area contributed by atoms with E-state index in [0.29, 0.717) is 30.2 Å². The van der Waals surface area contributed by atoms with E-state index in [1.165, 1.54) is 0 Å². The molecule has 4 rings (SSSR count). The summed E-state index contributed by atoms with van der Waals surface area (Å²) in [5, 5.41) is 14.7. The average Bonchev–Trinajstić information content (AvgIpc) is 2.91. The molecule has 0 unspecified atom stereocenters. The van der Waals surface area contributed by atoms with Crippen LogP contribution < -0.4 is 20.4 Å². The number of benzene rings is 1. The van der Waals surface area contributed by atoms with Gasteiger partial charge in [0.15, 0.2) is 0 Å². The lowest BCUT2D eigenvalue weighted by molar-refractivity contribution is -0.136. The maximum atomic E-state index is 12.6. The predicted octanol–water partition coefficient (Wildman–Crippen LogP) is 2.86. The van der Waals surface area contributed by atoms with Gasteiger partial charge in [0.25, 0.3) is 0 Å². The summed E-state index contributed by atoms with van der Waals surface area (Å²) in [5.74, 6) is -0.537. The Morgan fingerprint density at radius 3 is 2.64 bits per heavy atom. The molecule has 2 N–H and O–H groups in total. The van der Waals surface area contributed by atoms with E-state index in [-0.39, 0.29) is 17.7 Å². The summed E-state index contributed by atoms with van der Waals surface area (Å²) in [7, 11) is 0. The predicted molar refractivity (Wildman–Crippen MR) is 137 cm³/mol. The third-order valence-corrected chi connectivity index (χ3v) is 6.80. The highest BCUT2D eigenvalue weighted by Crippen LogP contribution is 2.31. The molecule has 2 aliphatic heterocycles. The molecule has 3 amide bonds. The van der Waals surface area contributed by atoms with Gasteiger partial charge in [0.2, 0.25) is 5.91 Å². The van der Waals surface area contributed by atoms with Crippen molar-refractivity contribution in [1.29, 1.82) is 5.26 Å². The molecular weight excluding hydrogens is 456 g/mol. The van der Waals surface area contributed by atoms with Crippen LogP contribution >= 0.6 is 0 Å². The number of nitriles is 1. The van der Waals surface area contributed by atoms with Crippen molar-refractivity contribution in [2.45, 2.75) is 39.5 Å². The molecule has 1 aromatic carbocycles. The van der Waals surface area contributed by atoms with Crippen LogP contribution in [0.25, 0.3) is 0 Å². The number of carbonyl (C=O) groups is 3. The van der Waals surface area contributed by atoms with Crippen molar-refractivity contribution >= 4 is 34.9 Å². The van der Waals surface area contributed by atoms with Gasteiger partial charge in [-0.15, -0.1) is 0 Å². The first-order valence-electron chi connectivity index (χ1n) is 12.5. The van der Waals surface area contributed by atoms with E-state index in [1.807, 2.05) is 19.9 Å². The smallest absolute Gasteiger partial charge is 0.313 e. The van der Waals surface area contributed by atoms with Crippen LogP contribution in [0.15, 0.2) is 36.5 Å². The molecular formula is C27H32N6O3. The second kappa shape index (κ2) is 11.2. The summed E-state index contributed by atoms with van der Waals surface area (Å²) in [6.45, 7) is 6.28. The molecule has 1 saturated heterocycles. The Kier molecular flexibility index (Phi) is 7.84. The van der Waals surface area contributed by atoms with Gasteiger partial charge in [-0.05, 0) is 61.4 Å². The Hall–Kier alpha value is -3.93. The highest BCUT2D eigenvalue weighted by molar-refractivity contribution is 6.39. The second-order valence-electron chi connectivity index (χ2n) is 9.67. The number of carbonyl (C=O) groups excluding carboxylic acids is 3. The molecule has 0 aliphatic carbocycles. The van der Waals surface area contributed by atoms with Gasteiger partial charge in [-0.3, -0.25) is 14.4 Å². The number of nitrogens with one attached hydrogen (secondary N) is 2. The maximum Gasteiger partial charge on any atom is 0.313 e. The topological polar surface area (TPSA) is 118 Å². The zero-order valence-electron chi connectivity index (χ0n) is 20.8. The van der Waals surface area contributed by atoms with Crippen LogP contribution in [-0.2, 0) is 20.8 Å². The van der Waals surface area contributed by atoms with Crippen molar-refractivity contribution in [3.63, 3.8) is 0 Å². The first-order valence-corrected chi connectivity index (χ1v) is 12.5. The molecule has 0 radical (unpaired) electrons. The quantitative estimate of drug-likeness (QED) is 0.625. The molecule has 2 aromatic rings. The molecule has 0 spiro atoms. The summed E-state index contributed by atoms with van der Waals surface area (Å²) >= 11 is 0. The number of aromatic nitrogens is 1. The van der Waals surface area contributed by atoms with Crippen LogP contribution in [0.1, 0.15) is 44.2 Å². The molecule has 0 saturated carbocycles. The number of rotatable bonds is 5. The minimum absolute atomic E-state index is 0.0510. The van der Waals surface area contributed by atoms with Gasteiger partial charge in [0.1, 0.15) is 11.9 Å². The van der Waals surface area contributed by atoms with Gasteiger partial charge in [0.05, 0.1) is 5.56 Å². The van der Waals surface area contributed by atoms with Crippen LogP contribution in [0, 0.1) is 23.2 Å². The Morgan fingerprint density at radius 2 is 1.92 bits per heavy atom. The number of hydrogen-bond donors (Lipinski definition) is 2. The van der Waals surface area contributed by atoms with E-state index in [1.54, 1.807) is 35.4 Å². The van der Waals surface area contributed by atoms with E-state index in [9.17, 15) is 19.6 Å². The zero-order valence-corrected chi connectivity index (χ0v) is 20.8. The van der Waals surface area contributed by atoms with Gasteiger partial charge in [-0.2, -0.15) is 5.26 Å². The van der Waals surface area contributed by atoms with E-state index in [4.69, 9.17) is 0 Å². The molecule has 0 bridgehead atoms. The van der Waals surface area contributed by atoms with Gasteiger partial charge >= 0.3 is 11.8 Å². The normalized spacial score (nSPS) is 15.7. The van der Waals surface area contributed by atoms with Gasteiger partial charge in [0, 0.05) is 49.7 Å². The van der Waals surface area contributed by atoms with Crippen molar-refractivity contribution in [1.82, 2.24) is 10.3 Å². The fourth-order valence-electron chi connectivity index (χ4n) is 4.78. The van der Waals surface area contributed by atoms with E-state index in [2.05, 4.69) is 26.6 Å². The highest BCUT2D eigenvalue weighted by atomic mass is 16.2.